The van der Waals surface area contributed by atoms with Crippen molar-refractivity contribution >= 4 is 45.0 Å². The SMILES string of the molecule is CSc1nc(Nc2cccc([N+](=O)[O-])c2)ncc1Br. The van der Waals surface area contributed by atoms with Crippen LogP contribution < -0.4 is 5.32 Å². The number of thioether (sulfide) groups is 1. The average Bonchev–Trinajstić information content (AvgIpc) is 2.41. The summed E-state index contributed by atoms with van der Waals surface area (Å²) < 4.78 is 0.810. The van der Waals surface area contributed by atoms with Gasteiger partial charge in [0.2, 0.25) is 5.95 Å². The molecule has 0 unspecified atom stereocenters. The molecule has 0 amide bonds. The summed E-state index contributed by atoms with van der Waals surface area (Å²) in [4.78, 5) is 18.6. The topological polar surface area (TPSA) is 81.0 Å². The van der Waals surface area contributed by atoms with Crippen LogP contribution >= 0.6 is 27.7 Å². The Kier molecular flexibility index (Phi) is 4.33. The van der Waals surface area contributed by atoms with E-state index < -0.39 is 4.92 Å². The fourth-order valence-corrected chi connectivity index (χ4v) is 2.48. The minimum atomic E-state index is -0.444. The van der Waals surface area contributed by atoms with Gasteiger partial charge in [-0.2, -0.15) is 0 Å². The van der Waals surface area contributed by atoms with Crippen LogP contribution in [0.2, 0.25) is 0 Å². The Bertz CT molecular complexity index is 623. The lowest BCUT2D eigenvalue weighted by Gasteiger charge is -2.06. The van der Waals surface area contributed by atoms with Crippen LogP contribution in [0.5, 0.6) is 0 Å². The molecular weight excluding hydrogens is 332 g/mol. The van der Waals surface area contributed by atoms with Gasteiger partial charge in [-0.3, -0.25) is 10.1 Å². The van der Waals surface area contributed by atoms with Crippen molar-refractivity contribution in [2.24, 2.45) is 0 Å². The molecule has 2 aromatic rings. The van der Waals surface area contributed by atoms with Gasteiger partial charge < -0.3 is 5.32 Å². The molecule has 1 heterocycles. The normalized spacial score (nSPS) is 10.2. The second kappa shape index (κ2) is 5.98. The molecule has 0 aliphatic heterocycles. The number of nitrogens with zero attached hydrogens (tertiary/aromatic N) is 3. The van der Waals surface area contributed by atoms with Crippen LogP contribution in [0.4, 0.5) is 17.3 Å². The first kappa shape index (κ1) is 13.8. The number of hydrogen-bond donors (Lipinski definition) is 1. The highest BCUT2D eigenvalue weighted by molar-refractivity contribution is 9.10. The molecule has 0 radical (unpaired) electrons. The van der Waals surface area contributed by atoms with Crippen molar-refractivity contribution in [1.29, 1.82) is 0 Å². The van der Waals surface area contributed by atoms with Crippen molar-refractivity contribution < 1.29 is 4.92 Å². The Morgan fingerprint density at radius 3 is 2.95 bits per heavy atom. The summed E-state index contributed by atoms with van der Waals surface area (Å²) in [5.74, 6) is 0.396. The van der Waals surface area contributed by atoms with Crippen LogP contribution in [0.15, 0.2) is 40.0 Å². The van der Waals surface area contributed by atoms with E-state index in [0.717, 1.165) is 9.50 Å². The molecule has 0 aliphatic rings. The molecule has 98 valence electrons. The molecule has 2 rings (SSSR count). The number of nitrogens with one attached hydrogen (secondary N) is 1. The zero-order chi connectivity index (χ0) is 13.8. The molecular formula is C11H9BrN4O2S. The zero-order valence-corrected chi connectivity index (χ0v) is 12.2. The maximum atomic E-state index is 10.7. The first-order valence-electron chi connectivity index (χ1n) is 5.18. The Morgan fingerprint density at radius 2 is 2.26 bits per heavy atom. The fourth-order valence-electron chi connectivity index (χ4n) is 1.38. The molecule has 0 fully saturated rings. The summed E-state index contributed by atoms with van der Waals surface area (Å²) in [5.41, 5.74) is 0.593. The molecule has 6 nitrogen and oxygen atoms in total. The quantitative estimate of drug-likeness (QED) is 0.396. The van der Waals surface area contributed by atoms with Gasteiger partial charge in [0.05, 0.1) is 9.40 Å². The predicted molar refractivity (Wildman–Crippen MR) is 77.9 cm³/mol. The van der Waals surface area contributed by atoms with Gasteiger partial charge in [0.15, 0.2) is 0 Å². The average molecular weight is 341 g/mol. The van der Waals surface area contributed by atoms with Gasteiger partial charge in [0, 0.05) is 24.0 Å². The number of hydrogen-bond acceptors (Lipinski definition) is 6. The minimum Gasteiger partial charge on any atom is -0.324 e. The van der Waals surface area contributed by atoms with Crippen molar-refractivity contribution in [3.63, 3.8) is 0 Å². The van der Waals surface area contributed by atoms with Gasteiger partial charge in [-0.25, -0.2) is 9.97 Å². The van der Waals surface area contributed by atoms with Crippen molar-refractivity contribution in [2.45, 2.75) is 5.03 Å². The van der Waals surface area contributed by atoms with E-state index in [0.29, 0.717) is 11.6 Å². The first-order valence-corrected chi connectivity index (χ1v) is 7.20. The third-order valence-corrected chi connectivity index (χ3v) is 3.76. The van der Waals surface area contributed by atoms with E-state index in [4.69, 9.17) is 0 Å². The largest absolute Gasteiger partial charge is 0.324 e. The Labute approximate surface area is 121 Å². The summed E-state index contributed by atoms with van der Waals surface area (Å²) in [6.45, 7) is 0. The number of benzene rings is 1. The van der Waals surface area contributed by atoms with E-state index in [1.807, 2.05) is 6.26 Å². The third kappa shape index (κ3) is 3.42. The molecule has 0 aliphatic carbocycles. The minimum absolute atomic E-state index is 0.0206. The summed E-state index contributed by atoms with van der Waals surface area (Å²) in [5, 5.41) is 14.4. The fraction of sp³-hybridized carbons (Fsp3) is 0.0909. The Hall–Kier alpha value is -1.67. The highest BCUT2D eigenvalue weighted by Crippen LogP contribution is 2.25. The van der Waals surface area contributed by atoms with Crippen molar-refractivity contribution in [3.05, 3.63) is 45.0 Å². The van der Waals surface area contributed by atoms with Gasteiger partial charge >= 0.3 is 0 Å². The van der Waals surface area contributed by atoms with Gasteiger partial charge in [0.1, 0.15) is 5.03 Å². The molecule has 1 aromatic heterocycles. The number of aromatic nitrogens is 2. The monoisotopic (exact) mass is 340 g/mol. The summed E-state index contributed by atoms with van der Waals surface area (Å²) in [7, 11) is 0. The zero-order valence-electron chi connectivity index (χ0n) is 9.83. The van der Waals surface area contributed by atoms with Crippen molar-refractivity contribution in [3.8, 4) is 0 Å². The van der Waals surface area contributed by atoms with Crippen LogP contribution in [-0.2, 0) is 0 Å². The van der Waals surface area contributed by atoms with E-state index in [2.05, 4.69) is 31.2 Å². The van der Waals surface area contributed by atoms with Crippen LogP contribution in [0.1, 0.15) is 0 Å². The molecule has 1 N–H and O–H groups in total. The summed E-state index contributed by atoms with van der Waals surface area (Å²) in [6.07, 6.45) is 3.54. The maximum Gasteiger partial charge on any atom is 0.271 e. The van der Waals surface area contributed by atoms with E-state index in [-0.39, 0.29) is 5.69 Å². The smallest absolute Gasteiger partial charge is 0.271 e. The van der Waals surface area contributed by atoms with Crippen LogP contribution in [0.25, 0.3) is 0 Å². The number of halogens is 1. The second-order valence-electron chi connectivity index (χ2n) is 3.48. The van der Waals surface area contributed by atoms with Crippen molar-refractivity contribution in [1.82, 2.24) is 9.97 Å². The van der Waals surface area contributed by atoms with Crippen LogP contribution in [-0.4, -0.2) is 21.1 Å². The maximum absolute atomic E-state index is 10.7. The number of rotatable bonds is 4. The Balaban J connectivity index is 2.26. The molecule has 8 heteroatoms. The standard InChI is InChI=1S/C11H9BrN4O2S/c1-19-10-9(12)6-13-11(15-10)14-7-3-2-4-8(5-7)16(17)18/h2-6H,1H3,(H,13,14,15). The Morgan fingerprint density at radius 1 is 1.47 bits per heavy atom. The highest BCUT2D eigenvalue weighted by Gasteiger charge is 2.08. The van der Waals surface area contributed by atoms with E-state index in [9.17, 15) is 10.1 Å². The molecule has 0 saturated carbocycles. The molecule has 0 bridgehead atoms. The molecule has 1 aromatic carbocycles. The van der Waals surface area contributed by atoms with E-state index in [1.54, 1.807) is 18.3 Å². The molecule has 0 spiro atoms. The highest BCUT2D eigenvalue weighted by atomic mass is 79.9. The van der Waals surface area contributed by atoms with E-state index >= 15 is 0 Å². The summed E-state index contributed by atoms with van der Waals surface area (Å²) >= 11 is 4.83. The van der Waals surface area contributed by atoms with Crippen molar-refractivity contribution in [2.75, 3.05) is 11.6 Å². The van der Waals surface area contributed by atoms with Crippen LogP contribution in [0, 0.1) is 10.1 Å². The number of nitro groups is 1. The third-order valence-electron chi connectivity index (χ3n) is 2.22. The number of non-ortho nitro benzene ring substituents is 1. The second-order valence-corrected chi connectivity index (χ2v) is 5.13. The molecule has 0 saturated heterocycles. The van der Waals surface area contributed by atoms with Gasteiger partial charge in [-0.15, -0.1) is 11.8 Å². The van der Waals surface area contributed by atoms with E-state index in [1.165, 1.54) is 23.9 Å². The van der Waals surface area contributed by atoms with Gasteiger partial charge in [0.25, 0.3) is 5.69 Å². The van der Waals surface area contributed by atoms with Gasteiger partial charge in [-0.1, -0.05) is 6.07 Å². The lowest BCUT2D eigenvalue weighted by atomic mass is 10.3. The lowest BCUT2D eigenvalue weighted by Crippen LogP contribution is -1.98. The lowest BCUT2D eigenvalue weighted by molar-refractivity contribution is -0.384. The molecule has 0 atom stereocenters. The summed E-state index contributed by atoms with van der Waals surface area (Å²) in [6, 6.07) is 6.19. The van der Waals surface area contributed by atoms with Crippen LogP contribution in [0.3, 0.4) is 0 Å². The first-order chi connectivity index (χ1) is 9.10. The predicted octanol–water partition coefficient (Wildman–Crippen LogP) is 3.61. The number of nitro benzene ring substituents is 1. The number of anilines is 2. The van der Waals surface area contributed by atoms with Gasteiger partial charge in [-0.05, 0) is 28.3 Å². The molecule has 19 heavy (non-hydrogen) atoms.